The molecule has 0 aromatic heterocycles. The predicted octanol–water partition coefficient (Wildman–Crippen LogP) is 2.84. The minimum absolute atomic E-state index is 0.0326. The number of morpholine rings is 1. The average Bonchev–Trinajstić information content (AvgIpc) is 2.73. The van der Waals surface area contributed by atoms with E-state index in [0.717, 1.165) is 5.56 Å². The highest BCUT2D eigenvalue weighted by Crippen LogP contribution is 2.27. The monoisotopic (exact) mass is 469 g/mol. The molecule has 0 atom stereocenters. The molecule has 1 saturated heterocycles. The van der Waals surface area contributed by atoms with Gasteiger partial charge in [-0.1, -0.05) is 12.1 Å². The standard InChI is InChI=1S/C19H20BrNO6S/c1-25-16-4-2-3-14(11-16)13-27-19(22)15-5-6-17(20)18(12-15)28(23,24)21-7-9-26-10-8-21/h2-6,11-12H,7-10,13H2,1H3. The summed E-state index contributed by atoms with van der Waals surface area (Å²) in [4.78, 5) is 12.5. The molecule has 9 heteroatoms. The van der Waals surface area contributed by atoms with Crippen molar-refractivity contribution in [3.63, 3.8) is 0 Å². The molecule has 0 radical (unpaired) electrons. The molecule has 3 rings (SSSR count). The molecule has 0 unspecified atom stereocenters. The van der Waals surface area contributed by atoms with Gasteiger partial charge in [0, 0.05) is 17.6 Å². The molecule has 0 bridgehead atoms. The number of halogens is 1. The maximum absolute atomic E-state index is 12.9. The lowest BCUT2D eigenvalue weighted by Gasteiger charge is -2.26. The SMILES string of the molecule is COc1cccc(COC(=O)c2ccc(Br)c(S(=O)(=O)N3CCOCC3)c2)c1. The lowest BCUT2D eigenvalue weighted by atomic mass is 10.2. The minimum atomic E-state index is -3.74. The first-order chi connectivity index (χ1) is 13.4. The lowest BCUT2D eigenvalue weighted by Crippen LogP contribution is -2.40. The van der Waals surface area contributed by atoms with Gasteiger partial charge in [0.1, 0.15) is 12.4 Å². The summed E-state index contributed by atoms with van der Waals surface area (Å²) >= 11 is 3.27. The fraction of sp³-hybridized carbons (Fsp3) is 0.316. The number of carbonyl (C=O) groups excluding carboxylic acids is 1. The molecule has 1 heterocycles. The van der Waals surface area contributed by atoms with Gasteiger partial charge in [-0.3, -0.25) is 0 Å². The molecule has 1 aliphatic rings. The van der Waals surface area contributed by atoms with Gasteiger partial charge in [-0.15, -0.1) is 0 Å². The van der Waals surface area contributed by atoms with Crippen LogP contribution in [-0.4, -0.2) is 52.1 Å². The van der Waals surface area contributed by atoms with Crippen LogP contribution in [-0.2, 0) is 26.1 Å². The third-order valence-electron chi connectivity index (χ3n) is 4.26. The Morgan fingerprint density at radius 3 is 2.64 bits per heavy atom. The highest BCUT2D eigenvalue weighted by molar-refractivity contribution is 9.10. The van der Waals surface area contributed by atoms with E-state index in [2.05, 4.69) is 15.9 Å². The van der Waals surface area contributed by atoms with E-state index < -0.39 is 16.0 Å². The second-order valence-electron chi connectivity index (χ2n) is 6.09. The van der Waals surface area contributed by atoms with E-state index in [4.69, 9.17) is 14.2 Å². The number of rotatable bonds is 6. The molecule has 7 nitrogen and oxygen atoms in total. The zero-order chi connectivity index (χ0) is 20.1. The largest absolute Gasteiger partial charge is 0.497 e. The Labute approximate surface area is 172 Å². The van der Waals surface area contributed by atoms with Crippen molar-refractivity contribution in [1.82, 2.24) is 4.31 Å². The Morgan fingerprint density at radius 2 is 1.93 bits per heavy atom. The van der Waals surface area contributed by atoms with Crippen molar-refractivity contribution in [3.05, 3.63) is 58.1 Å². The van der Waals surface area contributed by atoms with Gasteiger partial charge < -0.3 is 14.2 Å². The fourth-order valence-corrected chi connectivity index (χ4v) is 5.11. The van der Waals surface area contributed by atoms with E-state index in [0.29, 0.717) is 23.4 Å². The smallest absolute Gasteiger partial charge is 0.338 e. The van der Waals surface area contributed by atoms with Crippen molar-refractivity contribution in [1.29, 1.82) is 0 Å². The number of carbonyl (C=O) groups is 1. The van der Waals surface area contributed by atoms with Gasteiger partial charge in [0.05, 0.1) is 30.8 Å². The molecule has 1 aliphatic heterocycles. The van der Waals surface area contributed by atoms with Crippen LogP contribution in [0.2, 0.25) is 0 Å². The first-order valence-corrected chi connectivity index (χ1v) is 10.8. The summed E-state index contributed by atoms with van der Waals surface area (Å²) in [5.41, 5.74) is 0.934. The van der Waals surface area contributed by atoms with Crippen LogP contribution in [0.1, 0.15) is 15.9 Å². The average molecular weight is 470 g/mol. The van der Waals surface area contributed by atoms with Gasteiger partial charge in [0.15, 0.2) is 0 Å². The molecule has 2 aromatic carbocycles. The topological polar surface area (TPSA) is 82.1 Å². The second kappa shape index (κ2) is 9.04. The van der Waals surface area contributed by atoms with Crippen molar-refractivity contribution in [3.8, 4) is 5.75 Å². The third kappa shape index (κ3) is 4.72. The first-order valence-electron chi connectivity index (χ1n) is 8.59. The number of esters is 1. The Morgan fingerprint density at radius 1 is 1.18 bits per heavy atom. The van der Waals surface area contributed by atoms with Gasteiger partial charge in [-0.05, 0) is 51.8 Å². The molecule has 28 heavy (non-hydrogen) atoms. The molecule has 0 spiro atoms. The van der Waals surface area contributed by atoms with Gasteiger partial charge in [-0.25, -0.2) is 13.2 Å². The third-order valence-corrected chi connectivity index (χ3v) is 7.15. The molecule has 2 aromatic rings. The Kier molecular flexibility index (Phi) is 6.71. The van der Waals surface area contributed by atoms with Crippen LogP contribution in [0.3, 0.4) is 0 Å². The highest BCUT2D eigenvalue weighted by atomic mass is 79.9. The van der Waals surface area contributed by atoms with E-state index in [1.165, 1.54) is 22.5 Å². The van der Waals surface area contributed by atoms with E-state index >= 15 is 0 Å². The van der Waals surface area contributed by atoms with Crippen molar-refractivity contribution in [2.75, 3.05) is 33.4 Å². The number of benzene rings is 2. The summed E-state index contributed by atoms with van der Waals surface area (Å²) in [6, 6.07) is 11.6. The summed E-state index contributed by atoms with van der Waals surface area (Å²) in [5, 5.41) is 0. The summed E-state index contributed by atoms with van der Waals surface area (Å²) in [5.74, 6) is 0.0600. The molecule has 150 valence electrons. The highest BCUT2D eigenvalue weighted by Gasteiger charge is 2.29. The summed E-state index contributed by atoms with van der Waals surface area (Å²) in [6.07, 6.45) is 0. The quantitative estimate of drug-likeness (QED) is 0.604. The zero-order valence-electron chi connectivity index (χ0n) is 15.3. The van der Waals surface area contributed by atoms with Crippen LogP contribution in [0.25, 0.3) is 0 Å². The molecule has 0 aliphatic carbocycles. The van der Waals surface area contributed by atoms with E-state index in [1.54, 1.807) is 25.3 Å². The van der Waals surface area contributed by atoms with Crippen LogP contribution in [0, 0.1) is 0 Å². The summed E-state index contributed by atoms with van der Waals surface area (Å²) in [7, 11) is -2.18. The summed E-state index contributed by atoms with van der Waals surface area (Å²) in [6.45, 7) is 1.30. The number of nitrogens with zero attached hydrogens (tertiary/aromatic N) is 1. The predicted molar refractivity (Wildman–Crippen MR) is 106 cm³/mol. The van der Waals surface area contributed by atoms with Crippen LogP contribution >= 0.6 is 15.9 Å². The van der Waals surface area contributed by atoms with Gasteiger partial charge in [0.25, 0.3) is 0 Å². The second-order valence-corrected chi connectivity index (χ2v) is 8.85. The Balaban J connectivity index is 1.77. The maximum atomic E-state index is 12.9. The minimum Gasteiger partial charge on any atom is -0.497 e. The molecular formula is C19H20BrNO6S. The zero-order valence-corrected chi connectivity index (χ0v) is 17.7. The van der Waals surface area contributed by atoms with E-state index in [1.807, 2.05) is 6.07 Å². The van der Waals surface area contributed by atoms with Crippen molar-refractivity contribution in [2.45, 2.75) is 11.5 Å². The van der Waals surface area contributed by atoms with Gasteiger partial charge in [-0.2, -0.15) is 4.31 Å². The van der Waals surface area contributed by atoms with Crippen molar-refractivity contribution in [2.24, 2.45) is 0 Å². The normalized spacial score (nSPS) is 15.2. The van der Waals surface area contributed by atoms with Crippen LogP contribution in [0.15, 0.2) is 51.8 Å². The molecule has 0 amide bonds. The maximum Gasteiger partial charge on any atom is 0.338 e. The molecule has 0 N–H and O–H groups in total. The summed E-state index contributed by atoms with van der Waals surface area (Å²) < 4.78 is 43.2. The first kappa shape index (κ1) is 20.8. The Bertz CT molecular complexity index is 957. The fourth-order valence-electron chi connectivity index (χ4n) is 2.75. The Hall–Kier alpha value is -1.94. The number of methoxy groups -OCH3 is 1. The van der Waals surface area contributed by atoms with Crippen molar-refractivity contribution >= 4 is 31.9 Å². The van der Waals surface area contributed by atoms with Gasteiger partial charge >= 0.3 is 5.97 Å². The van der Waals surface area contributed by atoms with E-state index in [-0.39, 0.29) is 30.2 Å². The molecule has 1 fully saturated rings. The van der Waals surface area contributed by atoms with Crippen LogP contribution < -0.4 is 4.74 Å². The van der Waals surface area contributed by atoms with Crippen LogP contribution in [0.4, 0.5) is 0 Å². The lowest BCUT2D eigenvalue weighted by molar-refractivity contribution is 0.0472. The van der Waals surface area contributed by atoms with Crippen LogP contribution in [0.5, 0.6) is 5.75 Å². The number of hydrogen-bond donors (Lipinski definition) is 0. The van der Waals surface area contributed by atoms with Gasteiger partial charge in [0.2, 0.25) is 10.0 Å². The number of ether oxygens (including phenoxy) is 3. The number of hydrogen-bond acceptors (Lipinski definition) is 6. The van der Waals surface area contributed by atoms with Crippen molar-refractivity contribution < 1.29 is 27.4 Å². The van der Waals surface area contributed by atoms with E-state index in [9.17, 15) is 13.2 Å². The molecule has 0 saturated carbocycles. The number of sulfonamides is 1. The molecular weight excluding hydrogens is 450 g/mol.